The van der Waals surface area contributed by atoms with Crippen molar-refractivity contribution < 1.29 is 9.53 Å². The Bertz CT molecular complexity index is 870. The van der Waals surface area contributed by atoms with E-state index >= 15 is 0 Å². The van der Waals surface area contributed by atoms with Crippen LogP contribution in [-0.2, 0) is 9.53 Å². The van der Waals surface area contributed by atoms with Gasteiger partial charge in [-0.05, 0) is 43.7 Å². The number of benzene rings is 3. The minimum absolute atomic E-state index is 0.171. The van der Waals surface area contributed by atoms with Crippen molar-refractivity contribution in [2.45, 2.75) is 19.9 Å². The lowest BCUT2D eigenvalue weighted by Crippen LogP contribution is -2.28. The maximum atomic E-state index is 11.8. The molecule has 0 N–H and O–H groups in total. The van der Waals surface area contributed by atoms with Gasteiger partial charge in [-0.1, -0.05) is 72.3 Å². The fraction of sp³-hybridized carbons (Fsp3) is 0.160. The van der Waals surface area contributed by atoms with E-state index in [9.17, 15) is 4.79 Å². The Kier molecular flexibility index (Phi) is 6.28. The Morgan fingerprint density at radius 2 is 1.39 bits per heavy atom. The quantitative estimate of drug-likeness (QED) is 0.382. The second-order valence-electron chi connectivity index (χ2n) is 6.80. The second-order valence-corrected chi connectivity index (χ2v) is 6.80. The zero-order valence-electron chi connectivity index (χ0n) is 16.3. The second kappa shape index (κ2) is 9.05. The smallest absolute Gasteiger partial charge is 0.330 e. The molecule has 0 aromatic heterocycles. The van der Waals surface area contributed by atoms with Gasteiger partial charge in [0, 0.05) is 17.5 Å². The average molecular weight is 371 g/mol. The Labute approximate surface area is 166 Å². The van der Waals surface area contributed by atoms with Gasteiger partial charge in [0.05, 0.1) is 6.04 Å². The summed E-state index contributed by atoms with van der Waals surface area (Å²) in [6.45, 7) is 7.86. The molecular weight excluding hydrogens is 346 g/mol. The first-order valence-electron chi connectivity index (χ1n) is 9.35. The summed E-state index contributed by atoms with van der Waals surface area (Å²) in [4.78, 5) is 14.0. The van der Waals surface area contributed by atoms with Gasteiger partial charge in [0.25, 0.3) is 0 Å². The van der Waals surface area contributed by atoms with Gasteiger partial charge in [0.1, 0.15) is 6.61 Å². The molecule has 0 aliphatic heterocycles. The predicted molar refractivity (Wildman–Crippen MR) is 115 cm³/mol. The number of esters is 1. The van der Waals surface area contributed by atoms with Crippen LogP contribution in [0.5, 0.6) is 0 Å². The van der Waals surface area contributed by atoms with E-state index in [2.05, 4.69) is 86.0 Å². The van der Waals surface area contributed by atoms with Crippen LogP contribution in [0.25, 0.3) is 0 Å². The number of carbonyl (C=O) groups excluding carboxylic acids is 1. The monoisotopic (exact) mass is 371 g/mol. The van der Waals surface area contributed by atoms with Crippen LogP contribution >= 0.6 is 0 Å². The molecule has 0 radical (unpaired) electrons. The average Bonchev–Trinajstić information content (AvgIpc) is 2.73. The number of aryl methyl sites for hydroxylation is 2. The molecule has 3 rings (SSSR count). The highest BCUT2D eigenvalue weighted by Gasteiger charge is 2.24. The summed E-state index contributed by atoms with van der Waals surface area (Å²) in [5.74, 6) is -0.423. The maximum absolute atomic E-state index is 11.8. The van der Waals surface area contributed by atoms with E-state index in [1.807, 2.05) is 18.2 Å². The summed E-state index contributed by atoms with van der Waals surface area (Å²) in [6.07, 6.45) is 1.20. The molecule has 0 spiro atoms. The molecule has 0 heterocycles. The van der Waals surface area contributed by atoms with Crippen LogP contribution in [0.3, 0.4) is 0 Å². The lowest BCUT2D eigenvalue weighted by atomic mass is 10.0. The lowest BCUT2D eigenvalue weighted by molar-refractivity contribution is -0.138. The molecule has 3 nitrogen and oxygen atoms in total. The molecule has 3 aromatic rings. The molecule has 142 valence electrons. The van der Waals surface area contributed by atoms with Crippen LogP contribution in [0.15, 0.2) is 91.5 Å². The predicted octanol–water partition coefficient (Wildman–Crippen LogP) is 5.91. The van der Waals surface area contributed by atoms with E-state index in [1.54, 1.807) is 0 Å². The highest BCUT2D eigenvalue weighted by Crippen LogP contribution is 2.35. The minimum atomic E-state index is -0.423. The summed E-state index contributed by atoms with van der Waals surface area (Å²) >= 11 is 0. The molecule has 0 fully saturated rings. The van der Waals surface area contributed by atoms with Gasteiger partial charge in [0.15, 0.2) is 0 Å². The fourth-order valence-electron chi connectivity index (χ4n) is 3.13. The first-order valence-corrected chi connectivity index (χ1v) is 9.35. The summed E-state index contributed by atoms with van der Waals surface area (Å²) < 4.78 is 5.48. The van der Waals surface area contributed by atoms with Crippen molar-refractivity contribution in [3.63, 3.8) is 0 Å². The first-order chi connectivity index (χ1) is 13.6. The van der Waals surface area contributed by atoms with E-state index in [4.69, 9.17) is 4.74 Å². The SMILES string of the molecule is C=CC(=O)OCC(c1ccccc1)N(c1ccc(C)cc1)c1ccc(C)cc1. The van der Waals surface area contributed by atoms with Crippen LogP contribution in [0.4, 0.5) is 11.4 Å². The third-order valence-electron chi connectivity index (χ3n) is 4.67. The van der Waals surface area contributed by atoms with E-state index in [0.717, 1.165) is 16.9 Å². The molecule has 0 amide bonds. The molecule has 28 heavy (non-hydrogen) atoms. The largest absolute Gasteiger partial charge is 0.460 e. The van der Waals surface area contributed by atoms with Gasteiger partial charge in [-0.25, -0.2) is 4.79 Å². The Morgan fingerprint density at radius 3 is 1.86 bits per heavy atom. The van der Waals surface area contributed by atoms with Gasteiger partial charge < -0.3 is 9.64 Å². The van der Waals surface area contributed by atoms with Crippen molar-refractivity contribution in [2.24, 2.45) is 0 Å². The van der Waals surface area contributed by atoms with E-state index in [0.29, 0.717) is 0 Å². The molecule has 0 saturated heterocycles. The molecule has 3 aromatic carbocycles. The maximum Gasteiger partial charge on any atom is 0.330 e. The van der Waals surface area contributed by atoms with Crippen LogP contribution in [0.2, 0.25) is 0 Å². The Balaban J connectivity index is 2.09. The molecule has 1 atom stereocenters. The number of anilines is 2. The topological polar surface area (TPSA) is 29.5 Å². The van der Waals surface area contributed by atoms with Crippen LogP contribution in [0.1, 0.15) is 22.7 Å². The van der Waals surface area contributed by atoms with Gasteiger partial charge >= 0.3 is 5.97 Å². The third-order valence-corrected chi connectivity index (χ3v) is 4.67. The van der Waals surface area contributed by atoms with Gasteiger partial charge in [-0.3, -0.25) is 0 Å². The van der Waals surface area contributed by atoms with Crippen molar-refractivity contribution in [3.05, 3.63) is 108 Å². The highest BCUT2D eigenvalue weighted by atomic mass is 16.5. The summed E-state index contributed by atoms with van der Waals surface area (Å²) in [6, 6.07) is 26.7. The van der Waals surface area contributed by atoms with Crippen molar-refractivity contribution in [1.82, 2.24) is 0 Å². The van der Waals surface area contributed by atoms with Crippen molar-refractivity contribution in [1.29, 1.82) is 0 Å². The number of nitrogens with zero attached hydrogens (tertiary/aromatic N) is 1. The molecule has 0 aliphatic carbocycles. The zero-order valence-corrected chi connectivity index (χ0v) is 16.3. The molecule has 3 heteroatoms. The zero-order chi connectivity index (χ0) is 19.9. The summed E-state index contributed by atoms with van der Waals surface area (Å²) in [5, 5.41) is 0. The number of ether oxygens (including phenoxy) is 1. The first kappa shape index (κ1) is 19.4. The fourth-order valence-corrected chi connectivity index (χ4v) is 3.13. The van der Waals surface area contributed by atoms with Crippen LogP contribution in [0, 0.1) is 13.8 Å². The van der Waals surface area contributed by atoms with Crippen LogP contribution < -0.4 is 4.90 Å². The van der Waals surface area contributed by atoms with Crippen molar-refractivity contribution >= 4 is 17.3 Å². The molecule has 0 aliphatic rings. The van der Waals surface area contributed by atoms with Crippen molar-refractivity contribution in [2.75, 3.05) is 11.5 Å². The molecule has 0 bridgehead atoms. The van der Waals surface area contributed by atoms with Crippen LogP contribution in [-0.4, -0.2) is 12.6 Å². The van der Waals surface area contributed by atoms with Gasteiger partial charge in [0.2, 0.25) is 0 Å². The van der Waals surface area contributed by atoms with E-state index in [1.165, 1.54) is 17.2 Å². The lowest BCUT2D eigenvalue weighted by Gasteiger charge is -2.34. The molecule has 1 unspecified atom stereocenters. The third kappa shape index (κ3) is 4.68. The molecule has 0 saturated carbocycles. The highest BCUT2D eigenvalue weighted by molar-refractivity contribution is 5.81. The van der Waals surface area contributed by atoms with E-state index in [-0.39, 0.29) is 12.6 Å². The number of carbonyl (C=O) groups is 1. The normalized spacial score (nSPS) is 11.5. The summed E-state index contributed by atoms with van der Waals surface area (Å²) in [7, 11) is 0. The Hall–Kier alpha value is -3.33. The number of rotatable bonds is 7. The number of hydrogen-bond acceptors (Lipinski definition) is 3. The van der Waals surface area contributed by atoms with Gasteiger partial charge in [-0.15, -0.1) is 0 Å². The molecular formula is C25H25NO2. The Morgan fingerprint density at radius 1 is 0.893 bits per heavy atom. The van der Waals surface area contributed by atoms with E-state index < -0.39 is 5.97 Å². The standard InChI is InChI=1S/C25H25NO2/c1-4-25(27)28-18-24(21-8-6-5-7-9-21)26(22-14-10-19(2)11-15-22)23-16-12-20(3)13-17-23/h4-17,24H,1,18H2,2-3H3. The summed E-state index contributed by atoms with van der Waals surface area (Å²) in [5.41, 5.74) is 5.54. The van der Waals surface area contributed by atoms with Gasteiger partial charge in [-0.2, -0.15) is 0 Å². The van der Waals surface area contributed by atoms with Crippen molar-refractivity contribution in [3.8, 4) is 0 Å². The minimum Gasteiger partial charge on any atom is -0.460 e. The number of hydrogen-bond donors (Lipinski definition) is 0.